The molecule has 2 aromatic rings. The zero-order valence-electron chi connectivity index (χ0n) is 7.56. The Bertz CT molecular complexity index is 509. The Kier molecular flexibility index (Phi) is 1.89. The molecule has 1 N–H and O–H groups in total. The van der Waals surface area contributed by atoms with Crippen molar-refractivity contribution in [3.05, 3.63) is 34.9 Å². The van der Waals surface area contributed by atoms with Gasteiger partial charge in [0, 0.05) is 11.6 Å². The number of benzene rings is 1. The number of aryl methyl sites for hydroxylation is 1. The first-order chi connectivity index (χ1) is 6.74. The molecule has 14 heavy (non-hydrogen) atoms. The Morgan fingerprint density at radius 3 is 3.00 bits per heavy atom. The maximum Gasteiger partial charge on any atom is 0.154 e. The number of phenols is 1. The number of nitrogens with zero attached hydrogens (tertiary/aromatic N) is 2. The summed E-state index contributed by atoms with van der Waals surface area (Å²) in [6.45, 7) is 1.82. The lowest BCUT2D eigenvalue weighted by Gasteiger charge is -2.04. The third-order valence-corrected chi connectivity index (χ3v) is 2.13. The fourth-order valence-electron chi connectivity index (χ4n) is 1.46. The van der Waals surface area contributed by atoms with E-state index in [0.29, 0.717) is 10.9 Å². The van der Waals surface area contributed by atoms with E-state index < -0.39 is 0 Å². The first-order valence-corrected chi connectivity index (χ1v) is 4.14. The van der Waals surface area contributed by atoms with E-state index in [2.05, 4.69) is 10.2 Å². The molecule has 0 unspecified atom stereocenters. The summed E-state index contributed by atoms with van der Waals surface area (Å²) < 4.78 is 0. The van der Waals surface area contributed by atoms with Gasteiger partial charge in [-0.15, -0.1) is 4.91 Å². The van der Waals surface area contributed by atoms with Gasteiger partial charge in [-0.3, -0.25) is 4.98 Å². The molecular formula is C10H8N2O2. The van der Waals surface area contributed by atoms with Gasteiger partial charge in [-0.2, -0.15) is 0 Å². The molecule has 70 valence electrons. The largest absolute Gasteiger partial charge is 0.505 e. The van der Waals surface area contributed by atoms with Crippen molar-refractivity contribution < 1.29 is 5.11 Å². The van der Waals surface area contributed by atoms with E-state index in [4.69, 9.17) is 0 Å². The molecule has 1 aromatic carbocycles. The highest BCUT2D eigenvalue weighted by atomic mass is 16.3. The number of hydrogen-bond donors (Lipinski definition) is 1. The number of aromatic hydroxyl groups is 1. The van der Waals surface area contributed by atoms with E-state index in [9.17, 15) is 10.0 Å². The number of aromatic nitrogens is 1. The van der Waals surface area contributed by atoms with Gasteiger partial charge in [0.05, 0.1) is 5.52 Å². The highest BCUT2D eigenvalue weighted by Gasteiger charge is 2.09. The molecule has 0 saturated carbocycles. The van der Waals surface area contributed by atoms with E-state index >= 15 is 0 Å². The van der Waals surface area contributed by atoms with E-state index in [1.165, 1.54) is 6.07 Å². The molecule has 4 heteroatoms. The number of pyridine rings is 1. The van der Waals surface area contributed by atoms with Crippen molar-refractivity contribution >= 4 is 16.6 Å². The topological polar surface area (TPSA) is 62.5 Å². The van der Waals surface area contributed by atoms with Crippen LogP contribution in [-0.4, -0.2) is 10.1 Å². The van der Waals surface area contributed by atoms with Crippen molar-refractivity contribution in [2.24, 2.45) is 5.18 Å². The first-order valence-electron chi connectivity index (χ1n) is 4.14. The predicted molar refractivity (Wildman–Crippen MR) is 53.6 cm³/mol. The van der Waals surface area contributed by atoms with Crippen LogP contribution in [0.4, 0.5) is 5.69 Å². The summed E-state index contributed by atoms with van der Waals surface area (Å²) in [6.07, 6.45) is 1.64. The van der Waals surface area contributed by atoms with Crippen LogP contribution >= 0.6 is 0 Å². The minimum atomic E-state index is -0.103. The second-order valence-electron chi connectivity index (χ2n) is 3.05. The molecule has 1 aromatic heterocycles. The van der Waals surface area contributed by atoms with Crippen LogP contribution in [0.1, 0.15) is 5.56 Å². The summed E-state index contributed by atoms with van der Waals surface area (Å²) in [5, 5.41) is 13.0. The fourth-order valence-corrected chi connectivity index (χ4v) is 1.46. The van der Waals surface area contributed by atoms with Crippen molar-refractivity contribution in [3.63, 3.8) is 0 Å². The van der Waals surface area contributed by atoms with Gasteiger partial charge >= 0.3 is 0 Å². The summed E-state index contributed by atoms with van der Waals surface area (Å²) in [7, 11) is 0. The molecule has 0 saturated heterocycles. The maximum absolute atomic E-state index is 10.4. The van der Waals surface area contributed by atoms with Gasteiger partial charge in [-0.05, 0) is 35.9 Å². The molecule has 4 nitrogen and oxygen atoms in total. The van der Waals surface area contributed by atoms with Crippen molar-refractivity contribution in [2.75, 3.05) is 0 Å². The van der Waals surface area contributed by atoms with Crippen molar-refractivity contribution in [3.8, 4) is 5.75 Å². The molecule has 0 spiro atoms. The average molecular weight is 188 g/mol. The number of rotatable bonds is 1. The van der Waals surface area contributed by atoms with Crippen LogP contribution in [-0.2, 0) is 0 Å². The van der Waals surface area contributed by atoms with Crippen molar-refractivity contribution in [2.45, 2.75) is 6.92 Å². The van der Waals surface area contributed by atoms with E-state index in [1.54, 1.807) is 18.3 Å². The Morgan fingerprint density at radius 1 is 1.50 bits per heavy atom. The molecule has 2 rings (SSSR count). The van der Waals surface area contributed by atoms with Crippen LogP contribution in [0.15, 0.2) is 29.6 Å². The van der Waals surface area contributed by atoms with E-state index in [-0.39, 0.29) is 11.4 Å². The Hall–Kier alpha value is -1.97. The van der Waals surface area contributed by atoms with Gasteiger partial charge in [0.1, 0.15) is 0 Å². The van der Waals surface area contributed by atoms with Gasteiger partial charge in [0.15, 0.2) is 11.4 Å². The molecule has 0 aliphatic heterocycles. The molecule has 0 fully saturated rings. The normalized spacial score (nSPS) is 10.4. The molecule has 0 aliphatic rings. The molecule has 0 bridgehead atoms. The lowest BCUT2D eigenvalue weighted by atomic mass is 10.1. The first kappa shape index (κ1) is 8.62. The Morgan fingerprint density at radius 2 is 2.29 bits per heavy atom. The van der Waals surface area contributed by atoms with Crippen LogP contribution in [0.2, 0.25) is 0 Å². The van der Waals surface area contributed by atoms with E-state index in [1.807, 2.05) is 6.92 Å². The van der Waals surface area contributed by atoms with Gasteiger partial charge in [-0.1, -0.05) is 0 Å². The van der Waals surface area contributed by atoms with Crippen LogP contribution in [0.25, 0.3) is 10.9 Å². The quantitative estimate of drug-likeness (QED) is 0.699. The summed E-state index contributed by atoms with van der Waals surface area (Å²) >= 11 is 0. The molecule has 0 radical (unpaired) electrons. The van der Waals surface area contributed by atoms with Gasteiger partial charge in [-0.25, -0.2) is 0 Å². The molecule has 0 amide bonds. The van der Waals surface area contributed by atoms with Gasteiger partial charge in [0.25, 0.3) is 0 Å². The second-order valence-corrected chi connectivity index (χ2v) is 3.05. The number of phenolic OH excluding ortho intramolecular Hbond substituents is 1. The van der Waals surface area contributed by atoms with Gasteiger partial charge in [0.2, 0.25) is 0 Å². The standard InChI is InChI=1S/C10H8N2O2/c1-6-5-8(12-14)10(13)7-3-2-4-11-9(6)7/h2-5,13H,1H3. The third kappa shape index (κ3) is 1.12. The predicted octanol–water partition coefficient (Wildman–Crippen LogP) is 2.65. The summed E-state index contributed by atoms with van der Waals surface area (Å²) in [4.78, 5) is 14.5. The smallest absolute Gasteiger partial charge is 0.154 e. The molecule has 0 atom stereocenters. The zero-order chi connectivity index (χ0) is 10.1. The summed E-state index contributed by atoms with van der Waals surface area (Å²) in [5.74, 6) is -0.103. The summed E-state index contributed by atoms with van der Waals surface area (Å²) in [5.41, 5.74) is 1.58. The summed E-state index contributed by atoms with van der Waals surface area (Å²) in [6, 6.07) is 4.94. The third-order valence-electron chi connectivity index (χ3n) is 2.13. The highest BCUT2D eigenvalue weighted by molar-refractivity contribution is 5.91. The average Bonchev–Trinajstić information content (AvgIpc) is 2.23. The lowest BCUT2D eigenvalue weighted by molar-refractivity contribution is 0.483. The zero-order valence-corrected chi connectivity index (χ0v) is 7.56. The van der Waals surface area contributed by atoms with Crippen LogP contribution in [0.3, 0.4) is 0 Å². The SMILES string of the molecule is Cc1cc(N=O)c(O)c2cccnc12. The second kappa shape index (κ2) is 3.06. The van der Waals surface area contributed by atoms with Crippen molar-refractivity contribution in [1.82, 2.24) is 4.98 Å². The minimum absolute atomic E-state index is 0.0583. The minimum Gasteiger partial charge on any atom is -0.505 e. The highest BCUT2D eigenvalue weighted by Crippen LogP contribution is 2.35. The van der Waals surface area contributed by atoms with Crippen LogP contribution in [0, 0.1) is 11.8 Å². The number of fused-ring (bicyclic) bond motifs is 1. The monoisotopic (exact) mass is 188 g/mol. The van der Waals surface area contributed by atoms with Gasteiger partial charge < -0.3 is 5.11 Å². The molecule has 1 heterocycles. The molecule has 0 aliphatic carbocycles. The Labute approximate surface area is 80.2 Å². The lowest BCUT2D eigenvalue weighted by Crippen LogP contribution is -1.83. The van der Waals surface area contributed by atoms with Crippen molar-refractivity contribution in [1.29, 1.82) is 0 Å². The maximum atomic E-state index is 10.4. The van der Waals surface area contributed by atoms with E-state index in [0.717, 1.165) is 5.56 Å². The Balaban J connectivity index is 2.94. The molecular weight excluding hydrogens is 180 g/mol. The fraction of sp³-hybridized carbons (Fsp3) is 0.100. The number of hydrogen-bond acceptors (Lipinski definition) is 4. The number of nitroso groups, excluding NO2 is 1. The van der Waals surface area contributed by atoms with Crippen LogP contribution in [0.5, 0.6) is 5.75 Å². The van der Waals surface area contributed by atoms with Crippen LogP contribution < -0.4 is 0 Å².